The molecule has 0 saturated heterocycles. The van der Waals surface area contributed by atoms with E-state index in [9.17, 15) is 13.2 Å². The Kier molecular flexibility index (Phi) is 8.05. The molecule has 3 aromatic rings. The van der Waals surface area contributed by atoms with Crippen molar-refractivity contribution >= 4 is 73.0 Å². The summed E-state index contributed by atoms with van der Waals surface area (Å²) in [6, 6.07) is 11.2. The monoisotopic (exact) mass is 530 g/mol. The van der Waals surface area contributed by atoms with Gasteiger partial charge in [0, 0.05) is 20.9 Å². The number of halogens is 2. The van der Waals surface area contributed by atoms with Crippen LogP contribution in [0, 0.1) is 0 Å². The Morgan fingerprint density at radius 2 is 1.75 bits per heavy atom. The van der Waals surface area contributed by atoms with Crippen LogP contribution in [0.5, 0.6) is 0 Å². The van der Waals surface area contributed by atoms with E-state index in [2.05, 4.69) is 29.4 Å². The van der Waals surface area contributed by atoms with E-state index in [1.807, 2.05) is 0 Å². The summed E-state index contributed by atoms with van der Waals surface area (Å²) in [6.45, 7) is 4.17. The van der Waals surface area contributed by atoms with E-state index in [0.717, 1.165) is 10.6 Å². The van der Waals surface area contributed by atoms with Gasteiger partial charge in [-0.2, -0.15) is 0 Å². The van der Waals surface area contributed by atoms with Crippen LogP contribution in [0.3, 0.4) is 0 Å². The Balaban J connectivity index is 1.73. The highest BCUT2D eigenvalue weighted by molar-refractivity contribution is 8.01. The second-order valence-corrected chi connectivity index (χ2v) is 12.7. The molecule has 0 saturated carbocycles. The fraction of sp³-hybridized carbons (Fsp3) is 0.250. The van der Waals surface area contributed by atoms with Gasteiger partial charge in [-0.1, -0.05) is 72.3 Å². The van der Waals surface area contributed by atoms with Gasteiger partial charge in [0.2, 0.25) is 15.2 Å². The molecule has 1 amide bonds. The molecule has 170 valence electrons. The van der Waals surface area contributed by atoms with Crippen LogP contribution in [0.2, 0.25) is 10.0 Å². The van der Waals surface area contributed by atoms with Gasteiger partial charge in [-0.05, 0) is 35.9 Å². The number of sulfonamides is 1. The zero-order chi connectivity index (χ0) is 23.5. The molecule has 1 aromatic heterocycles. The number of nitrogens with one attached hydrogen (secondary N) is 1. The molecule has 1 N–H and O–H groups in total. The maximum absolute atomic E-state index is 12.5. The third-order valence-corrected chi connectivity index (χ3v) is 7.55. The number of benzene rings is 2. The Morgan fingerprint density at radius 1 is 1.12 bits per heavy atom. The molecular weight excluding hydrogens is 511 g/mol. The van der Waals surface area contributed by atoms with Crippen LogP contribution in [0.4, 0.5) is 10.8 Å². The average molecular weight is 532 g/mol. The summed E-state index contributed by atoms with van der Waals surface area (Å²) in [5.41, 5.74) is 1.46. The van der Waals surface area contributed by atoms with Crippen LogP contribution in [-0.4, -0.2) is 36.0 Å². The Bertz CT molecular complexity index is 1190. The van der Waals surface area contributed by atoms with Gasteiger partial charge in [0.15, 0.2) is 4.34 Å². The number of thioether (sulfide) groups is 1. The zero-order valence-electron chi connectivity index (χ0n) is 17.4. The van der Waals surface area contributed by atoms with Crippen molar-refractivity contribution in [3.8, 4) is 0 Å². The molecule has 2 aromatic carbocycles. The lowest BCUT2D eigenvalue weighted by Crippen LogP contribution is -2.29. The first kappa shape index (κ1) is 24.8. The minimum Gasteiger partial charge on any atom is -0.296 e. The molecule has 0 fully saturated rings. The molecule has 32 heavy (non-hydrogen) atoms. The Morgan fingerprint density at radius 3 is 2.31 bits per heavy atom. The summed E-state index contributed by atoms with van der Waals surface area (Å²) in [5.74, 6) is -0.324. The third-order valence-electron chi connectivity index (χ3n) is 4.04. The van der Waals surface area contributed by atoms with E-state index in [4.69, 9.17) is 23.2 Å². The zero-order valence-corrected chi connectivity index (χ0v) is 21.3. The summed E-state index contributed by atoms with van der Waals surface area (Å²) >= 11 is 15.0. The van der Waals surface area contributed by atoms with E-state index in [1.54, 1.807) is 36.0 Å². The van der Waals surface area contributed by atoms with E-state index in [1.165, 1.54) is 33.8 Å². The SMILES string of the molecule is CC(C)Sc1nnc(NC(=O)c2ccc(CN(c3cc(Cl)cc(Cl)c3)S(C)(=O)=O)cc2)s1. The molecule has 0 bridgehead atoms. The first-order valence-corrected chi connectivity index (χ1v) is 13.7. The normalized spacial score (nSPS) is 11.6. The topological polar surface area (TPSA) is 92.3 Å². The highest BCUT2D eigenvalue weighted by Gasteiger charge is 2.19. The number of carbonyl (C=O) groups excluding carboxylic acids is 1. The molecule has 0 spiro atoms. The van der Waals surface area contributed by atoms with Crippen molar-refractivity contribution in [3.05, 3.63) is 63.6 Å². The average Bonchev–Trinajstić information content (AvgIpc) is 3.10. The van der Waals surface area contributed by atoms with Gasteiger partial charge >= 0.3 is 0 Å². The van der Waals surface area contributed by atoms with Crippen LogP contribution >= 0.6 is 46.3 Å². The molecule has 0 radical (unpaired) electrons. The quantitative estimate of drug-likeness (QED) is 0.302. The minimum absolute atomic E-state index is 0.0591. The molecule has 0 aliphatic heterocycles. The smallest absolute Gasteiger partial charge is 0.257 e. The molecule has 3 rings (SSSR count). The fourth-order valence-electron chi connectivity index (χ4n) is 2.69. The lowest BCUT2D eigenvalue weighted by Gasteiger charge is -2.23. The second-order valence-electron chi connectivity index (χ2n) is 7.09. The summed E-state index contributed by atoms with van der Waals surface area (Å²) in [4.78, 5) is 12.5. The molecule has 0 aliphatic rings. The summed E-state index contributed by atoms with van der Waals surface area (Å²) < 4.78 is 26.7. The van der Waals surface area contributed by atoms with Crippen molar-refractivity contribution in [1.29, 1.82) is 0 Å². The molecule has 0 unspecified atom stereocenters. The third kappa shape index (κ3) is 6.82. The fourth-order valence-corrected chi connectivity index (χ4v) is 6.05. The molecular formula is C20H20Cl2N4O3S3. The van der Waals surface area contributed by atoms with Crippen LogP contribution in [-0.2, 0) is 16.6 Å². The number of carbonyl (C=O) groups is 1. The first-order chi connectivity index (χ1) is 15.0. The maximum atomic E-state index is 12.5. The van der Waals surface area contributed by atoms with E-state index in [0.29, 0.717) is 37.2 Å². The van der Waals surface area contributed by atoms with Gasteiger partial charge in [-0.3, -0.25) is 14.4 Å². The van der Waals surface area contributed by atoms with Crippen molar-refractivity contribution in [1.82, 2.24) is 10.2 Å². The van der Waals surface area contributed by atoms with Crippen LogP contribution in [0.1, 0.15) is 29.8 Å². The lowest BCUT2D eigenvalue weighted by molar-refractivity contribution is 0.102. The Labute approximate surface area is 205 Å². The maximum Gasteiger partial charge on any atom is 0.257 e. The van der Waals surface area contributed by atoms with Gasteiger partial charge in [-0.15, -0.1) is 10.2 Å². The number of nitrogens with zero attached hydrogens (tertiary/aromatic N) is 3. The number of hydrogen-bond acceptors (Lipinski definition) is 7. The number of anilines is 2. The lowest BCUT2D eigenvalue weighted by atomic mass is 10.1. The van der Waals surface area contributed by atoms with Crippen molar-refractivity contribution in [2.45, 2.75) is 30.0 Å². The van der Waals surface area contributed by atoms with Crippen LogP contribution < -0.4 is 9.62 Å². The molecule has 0 atom stereocenters. The van der Waals surface area contributed by atoms with Gasteiger partial charge in [0.1, 0.15) is 0 Å². The molecule has 1 heterocycles. The summed E-state index contributed by atoms with van der Waals surface area (Å²) in [7, 11) is -3.60. The van der Waals surface area contributed by atoms with Crippen molar-refractivity contribution in [2.75, 3.05) is 15.9 Å². The van der Waals surface area contributed by atoms with Crippen LogP contribution in [0.15, 0.2) is 46.8 Å². The molecule has 7 nitrogen and oxygen atoms in total. The predicted molar refractivity (Wildman–Crippen MR) is 133 cm³/mol. The van der Waals surface area contributed by atoms with E-state index >= 15 is 0 Å². The van der Waals surface area contributed by atoms with Gasteiger partial charge in [0.25, 0.3) is 5.91 Å². The van der Waals surface area contributed by atoms with Gasteiger partial charge < -0.3 is 0 Å². The van der Waals surface area contributed by atoms with E-state index < -0.39 is 10.0 Å². The van der Waals surface area contributed by atoms with E-state index in [-0.39, 0.29) is 12.5 Å². The number of hydrogen-bond donors (Lipinski definition) is 1. The van der Waals surface area contributed by atoms with Gasteiger partial charge in [-0.25, -0.2) is 8.42 Å². The number of aromatic nitrogens is 2. The first-order valence-electron chi connectivity index (χ1n) is 9.35. The number of amides is 1. The highest BCUT2D eigenvalue weighted by Crippen LogP contribution is 2.30. The standard InChI is InChI=1S/C20H20Cl2N4O3S3/c1-12(2)30-20-25-24-19(31-20)23-18(27)14-6-4-13(5-7-14)11-26(32(3,28)29)17-9-15(21)8-16(22)10-17/h4-10,12H,11H2,1-3H3,(H,23,24,27). The molecule has 0 aliphatic carbocycles. The molecule has 12 heteroatoms. The van der Waals surface area contributed by atoms with Crippen molar-refractivity contribution < 1.29 is 13.2 Å². The van der Waals surface area contributed by atoms with Gasteiger partial charge in [0.05, 0.1) is 18.5 Å². The second kappa shape index (κ2) is 10.4. The van der Waals surface area contributed by atoms with Crippen molar-refractivity contribution in [3.63, 3.8) is 0 Å². The highest BCUT2D eigenvalue weighted by atomic mass is 35.5. The van der Waals surface area contributed by atoms with Crippen LogP contribution in [0.25, 0.3) is 0 Å². The largest absolute Gasteiger partial charge is 0.296 e. The van der Waals surface area contributed by atoms with Crippen molar-refractivity contribution in [2.24, 2.45) is 0 Å². The predicted octanol–water partition coefficient (Wildman–Crippen LogP) is 5.56. The summed E-state index contributed by atoms with van der Waals surface area (Å²) in [6.07, 6.45) is 1.11. The number of rotatable bonds is 8. The summed E-state index contributed by atoms with van der Waals surface area (Å²) in [5, 5.41) is 12.2. The Hall–Kier alpha value is -1.85. The minimum atomic E-state index is -3.60.